The number of amides is 1. The molecule has 0 aromatic heterocycles. The van der Waals surface area contributed by atoms with Crippen molar-refractivity contribution in [3.8, 4) is 0 Å². The lowest BCUT2D eigenvalue weighted by Gasteiger charge is -2.45. The number of carbonyl (C=O) groups is 1. The van der Waals surface area contributed by atoms with Gasteiger partial charge in [0.2, 0.25) is 0 Å². The maximum atomic E-state index is 11.9. The van der Waals surface area contributed by atoms with E-state index < -0.39 is 5.60 Å². The molecule has 0 heterocycles. The van der Waals surface area contributed by atoms with Crippen LogP contribution in [0, 0.1) is 5.41 Å². The Morgan fingerprint density at radius 3 is 2.29 bits per heavy atom. The second kappa shape index (κ2) is 6.97. The Hall–Kier alpha value is -0.810. The van der Waals surface area contributed by atoms with Crippen molar-refractivity contribution in [2.75, 3.05) is 13.2 Å². The molecule has 0 aromatic carbocycles. The molecule has 21 heavy (non-hydrogen) atoms. The third kappa shape index (κ3) is 6.66. The molecule has 0 radical (unpaired) electrons. The Balaban J connectivity index is 2.51. The van der Waals surface area contributed by atoms with Gasteiger partial charge in [0, 0.05) is 13.2 Å². The summed E-state index contributed by atoms with van der Waals surface area (Å²) in [6.07, 6.45) is 0.636. The minimum Gasteiger partial charge on any atom is -0.444 e. The van der Waals surface area contributed by atoms with Crippen molar-refractivity contribution in [1.82, 2.24) is 10.6 Å². The molecule has 5 nitrogen and oxygen atoms in total. The Morgan fingerprint density at radius 2 is 1.81 bits per heavy atom. The molecule has 1 amide bonds. The van der Waals surface area contributed by atoms with E-state index in [0.717, 1.165) is 13.0 Å². The predicted molar refractivity (Wildman–Crippen MR) is 84.4 cm³/mol. The van der Waals surface area contributed by atoms with Crippen molar-refractivity contribution in [2.45, 2.75) is 78.7 Å². The number of carbonyl (C=O) groups excluding carboxylic acids is 1. The molecule has 124 valence electrons. The lowest BCUT2D eigenvalue weighted by molar-refractivity contribution is -0.0451. The third-order valence-corrected chi connectivity index (χ3v) is 3.27. The molecule has 1 saturated carbocycles. The number of nitrogens with one attached hydrogen (secondary N) is 2. The molecule has 1 fully saturated rings. The SMILES string of the molecule is CCOC1CC(NC(=O)OC(C)(C)C)C1NCC(C)(C)C. The first-order valence-corrected chi connectivity index (χ1v) is 7.86. The topological polar surface area (TPSA) is 59.6 Å². The van der Waals surface area contributed by atoms with Gasteiger partial charge in [-0.15, -0.1) is 0 Å². The van der Waals surface area contributed by atoms with Crippen molar-refractivity contribution in [3.05, 3.63) is 0 Å². The van der Waals surface area contributed by atoms with Gasteiger partial charge in [0.1, 0.15) is 5.60 Å². The standard InChI is InChI=1S/C16H32N2O3/c1-8-20-12-9-11(13(12)17-10-15(2,3)4)18-14(19)21-16(5,6)7/h11-13,17H,8-10H2,1-7H3,(H,18,19). The molecule has 1 rings (SSSR count). The fourth-order valence-electron chi connectivity index (χ4n) is 2.30. The van der Waals surface area contributed by atoms with E-state index in [2.05, 4.69) is 31.4 Å². The van der Waals surface area contributed by atoms with Gasteiger partial charge >= 0.3 is 6.09 Å². The Labute approximate surface area is 129 Å². The van der Waals surface area contributed by atoms with Gasteiger partial charge < -0.3 is 20.1 Å². The van der Waals surface area contributed by atoms with Gasteiger partial charge in [0.15, 0.2) is 0 Å². The van der Waals surface area contributed by atoms with Gasteiger partial charge in [-0.25, -0.2) is 4.79 Å². The number of alkyl carbamates (subject to hydrolysis) is 1. The molecule has 2 N–H and O–H groups in total. The lowest BCUT2D eigenvalue weighted by atomic mass is 9.81. The predicted octanol–water partition coefficient (Wildman–Crippen LogP) is 2.69. The zero-order valence-electron chi connectivity index (χ0n) is 14.6. The minimum atomic E-state index is -0.471. The lowest BCUT2D eigenvalue weighted by Crippen LogP contribution is -2.67. The summed E-state index contributed by atoms with van der Waals surface area (Å²) in [5.41, 5.74) is -0.274. The highest BCUT2D eigenvalue weighted by Crippen LogP contribution is 2.26. The summed E-state index contributed by atoms with van der Waals surface area (Å²) >= 11 is 0. The molecular weight excluding hydrogens is 268 g/mol. The molecule has 1 aliphatic carbocycles. The summed E-state index contributed by atoms with van der Waals surface area (Å²) in [6.45, 7) is 15.7. The fraction of sp³-hybridized carbons (Fsp3) is 0.938. The van der Waals surface area contributed by atoms with Crippen LogP contribution in [0.1, 0.15) is 54.9 Å². The molecule has 0 aromatic rings. The number of hydrogen-bond donors (Lipinski definition) is 2. The Kier molecular flexibility index (Phi) is 6.05. The normalized spacial score (nSPS) is 26.1. The van der Waals surface area contributed by atoms with Crippen LogP contribution < -0.4 is 10.6 Å². The van der Waals surface area contributed by atoms with Crippen LogP contribution in [-0.2, 0) is 9.47 Å². The average molecular weight is 300 g/mol. The first-order valence-electron chi connectivity index (χ1n) is 7.86. The minimum absolute atomic E-state index is 0.0683. The maximum Gasteiger partial charge on any atom is 0.407 e. The van der Waals surface area contributed by atoms with Gasteiger partial charge in [-0.1, -0.05) is 20.8 Å². The van der Waals surface area contributed by atoms with Crippen molar-refractivity contribution in [2.24, 2.45) is 5.41 Å². The Bertz CT molecular complexity index is 344. The summed E-state index contributed by atoms with van der Waals surface area (Å²) in [5, 5.41) is 6.46. The van der Waals surface area contributed by atoms with Crippen LogP contribution in [0.5, 0.6) is 0 Å². The highest BCUT2D eigenvalue weighted by Gasteiger charge is 2.43. The molecule has 0 spiro atoms. The molecule has 3 atom stereocenters. The van der Waals surface area contributed by atoms with E-state index in [4.69, 9.17) is 9.47 Å². The monoisotopic (exact) mass is 300 g/mol. The van der Waals surface area contributed by atoms with Gasteiger partial charge in [0.05, 0.1) is 18.2 Å². The van der Waals surface area contributed by atoms with Crippen molar-refractivity contribution >= 4 is 6.09 Å². The van der Waals surface area contributed by atoms with Crippen molar-refractivity contribution in [3.63, 3.8) is 0 Å². The zero-order valence-corrected chi connectivity index (χ0v) is 14.6. The van der Waals surface area contributed by atoms with Gasteiger partial charge in [-0.05, 0) is 39.5 Å². The summed E-state index contributed by atoms with van der Waals surface area (Å²) < 4.78 is 11.0. The second-order valence-electron chi connectivity index (χ2n) is 7.95. The summed E-state index contributed by atoms with van der Waals surface area (Å²) in [6, 6.07) is 0.218. The van der Waals surface area contributed by atoms with Gasteiger partial charge in [-0.2, -0.15) is 0 Å². The van der Waals surface area contributed by atoms with E-state index in [1.807, 2.05) is 27.7 Å². The van der Waals surface area contributed by atoms with E-state index in [0.29, 0.717) is 6.61 Å². The highest BCUT2D eigenvalue weighted by molar-refractivity contribution is 5.68. The number of rotatable bonds is 5. The van der Waals surface area contributed by atoms with E-state index in [1.165, 1.54) is 0 Å². The van der Waals surface area contributed by atoms with E-state index in [1.54, 1.807) is 0 Å². The van der Waals surface area contributed by atoms with E-state index in [9.17, 15) is 4.79 Å². The Morgan fingerprint density at radius 1 is 1.19 bits per heavy atom. The molecule has 0 bridgehead atoms. The van der Waals surface area contributed by atoms with Crippen LogP contribution in [0.25, 0.3) is 0 Å². The quantitative estimate of drug-likeness (QED) is 0.819. The summed E-state index contributed by atoms with van der Waals surface area (Å²) in [5.74, 6) is 0. The molecule has 5 heteroatoms. The van der Waals surface area contributed by atoms with Crippen LogP contribution in [-0.4, -0.2) is 43.0 Å². The maximum absolute atomic E-state index is 11.9. The third-order valence-electron chi connectivity index (χ3n) is 3.27. The molecule has 1 aliphatic rings. The molecular formula is C16H32N2O3. The van der Waals surface area contributed by atoms with E-state index >= 15 is 0 Å². The summed E-state index contributed by atoms with van der Waals surface area (Å²) in [4.78, 5) is 11.9. The first-order chi connectivity index (χ1) is 9.52. The fourth-order valence-corrected chi connectivity index (χ4v) is 2.30. The summed E-state index contributed by atoms with van der Waals surface area (Å²) in [7, 11) is 0. The van der Waals surface area contributed by atoms with Crippen molar-refractivity contribution in [1.29, 1.82) is 0 Å². The van der Waals surface area contributed by atoms with Crippen LogP contribution in [0.15, 0.2) is 0 Å². The van der Waals surface area contributed by atoms with Crippen molar-refractivity contribution < 1.29 is 14.3 Å². The van der Waals surface area contributed by atoms with Crippen LogP contribution in [0.2, 0.25) is 0 Å². The van der Waals surface area contributed by atoms with Crippen LogP contribution in [0.4, 0.5) is 4.79 Å². The van der Waals surface area contributed by atoms with Crippen LogP contribution in [0.3, 0.4) is 0 Å². The van der Waals surface area contributed by atoms with Gasteiger partial charge in [0.25, 0.3) is 0 Å². The molecule has 3 unspecified atom stereocenters. The largest absolute Gasteiger partial charge is 0.444 e. The van der Waals surface area contributed by atoms with Gasteiger partial charge in [-0.3, -0.25) is 0 Å². The smallest absolute Gasteiger partial charge is 0.407 e. The number of ether oxygens (including phenoxy) is 2. The highest BCUT2D eigenvalue weighted by atomic mass is 16.6. The first kappa shape index (κ1) is 18.2. The molecule has 0 saturated heterocycles. The van der Waals surface area contributed by atoms with E-state index in [-0.39, 0.29) is 29.7 Å². The average Bonchev–Trinajstić information content (AvgIpc) is 2.23. The molecule has 0 aliphatic heterocycles. The van der Waals surface area contributed by atoms with Crippen LogP contribution >= 0.6 is 0 Å². The second-order valence-corrected chi connectivity index (χ2v) is 7.95. The number of hydrogen-bond acceptors (Lipinski definition) is 4. The zero-order chi connectivity index (χ0) is 16.3.